The van der Waals surface area contributed by atoms with Gasteiger partial charge < -0.3 is 24.8 Å². The number of aromatic nitrogens is 2. The zero-order valence-electron chi connectivity index (χ0n) is 21.6. The largest absolute Gasteiger partial charge is 0.374 e. The minimum atomic E-state index is -0.112. The van der Waals surface area contributed by atoms with Gasteiger partial charge in [0.05, 0.1) is 12.7 Å². The van der Waals surface area contributed by atoms with Gasteiger partial charge in [-0.05, 0) is 44.4 Å². The number of hydrogen-bond donors (Lipinski definition) is 1. The van der Waals surface area contributed by atoms with E-state index in [-0.39, 0.29) is 17.9 Å². The summed E-state index contributed by atoms with van der Waals surface area (Å²) in [6.07, 6.45) is 3.83. The topological polar surface area (TPSA) is 90.9 Å². The van der Waals surface area contributed by atoms with Crippen LogP contribution in [0.1, 0.15) is 56.0 Å². The Labute approximate surface area is 208 Å². The van der Waals surface area contributed by atoms with E-state index in [1.54, 1.807) is 16.0 Å². The first-order chi connectivity index (χ1) is 16.8. The van der Waals surface area contributed by atoms with Crippen LogP contribution in [-0.2, 0) is 16.1 Å². The zero-order valence-corrected chi connectivity index (χ0v) is 21.6. The summed E-state index contributed by atoms with van der Waals surface area (Å²) in [5.41, 5.74) is 2.31. The van der Waals surface area contributed by atoms with Crippen molar-refractivity contribution in [1.29, 1.82) is 0 Å². The fourth-order valence-corrected chi connectivity index (χ4v) is 3.95. The highest BCUT2D eigenvalue weighted by Crippen LogP contribution is 2.27. The average Bonchev–Trinajstić information content (AvgIpc) is 2.98. The average molecular weight is 483 g/mol. The summed E-state index contributed by atoms with van der Waals surface area (Å²) in [5, 5.41) is 3.11. The van der Waals surface area contributed by atoms with E-state index in [0.717, 1.165) is 24.1 Å². The lowest BCUT2D eigenvalue weighted by Crippen LogP contribution is -2.33. The highest BCUT2D eigenvalue weighted by molar-refractivity contribution is 6.09. The summed E-state index contributed by atoms with van der Waals surface area (Å²) in [6, 6.07) is 7.89. The molecule has 9 heteroatoms. The van der Waals surface area contributed by atoms with Crippen molar-refractivity contribution in [2.24, 2.45) is 0 Å². The Balaban J connectivity index is 1.65. The Morgan fingerprint density at radius 3 is 2.83 bits per heavy atom. The number of anilines is 3. The molecule has 1 N–H and O–H groups in total. The molecular formula is C26H38N6O3. The smallest absolute Gasteiger partial charge is 0.263 e. The lowest BCUT2D eigenvalue weighted by atomic mass is 10.1. The summed E-state index contributed by atoms with van der Waals surface area (Å²) < 4.78 is 6.04. The van der Waals surface area contributed by atoms with Gasteiger partial charge in [-0.2, -0.15) is 4.98 Å². The predicted molar refractivity (Wildman–Crippen MR) is 139 cm³/mol. The molecule has 2 amide bonds. The van der Waals surface area contributed by atoms with E-state index in [2.05, 4.69) is 15.3 Å². The van der Waals surface area contributed by atoms with Crippen LogP contribution in [0, 0.1) is 0 Å². The van der Waals surface area contributed by atoms with Crippen molar-refractivity contribution < 1.29 is 14.3 Å². The minimum absolute atomic E-state index is 0.0129. The number of carbonyl (C=O) groups is 2. The molecule has 3 rings (SSSR count). The molecule has 1 unspecified atom stereocenters. The SMILES string of the molecule is CCCC(=O)N(C)CCC(C)OCc1cccc(N2CCN(C)c3nc(NCC)ncc3C2=O)c1. The third kappa shape index (κ3) is 6.91. The van der Waals surface area contributed by atoms with Gasteiger partial charge in [0.15, 0.2) is 0 Å². The molecule has 0 saturated carbocycles. The molecule has 35 heavy (non-hydrogen) atoms. The molecule has 2 aromatic rings. The number of hydrogen-bond acceptors (Lipinski definition) is 7. The molecule has 0 spiro atoms. The number of ether oxygens (including phenoxy) is 1. The second-order valence-corrected chi connectivity index (χ2v) is 8.99. The van der Waals surface area contributed by atoms with Crippen LogP contribution in [0.2, 0.25) is 0 Å². The monoisotopic (exact) mass is 482 g/mol. The highest BCUT2D eigenvalue weighted by Gasteiger charge is 2.28. The van der Waals surface area contributed by atoms with Crippen LogP contribution in [0.5, 0.6) is 0 Å². The number of nitrogens with one attached hydrogen (secondary N) is 1. The molecule has 0 aliphatic carbocycles. The van der Waals surface area contributed by atoms with Crippen molar-refractivity contribution in [2.45, 2.75) is 52.7 Å². The maximum Gasteiger partial charge on any atom is 0.263 e. The van der Waals surface area contributed by atoms with Crippen molar-refractivity contribution in [3.8, 4) is 0 Å². The molecule has 1 aliphatic heterocycles. The van der Waals surface area contributed by atoms with Gasteiger partial charge in [0, 0.05) is 58.6 Å². The van der Waals surface area contributed by atoms with Gasteiger partial charge in [0.25, 0.3) is 5.91 Å². The van der Waals surface area contributed by atoms with Crippen LogP contribution in [0.3, 0.4) is 0 Å². The van der Waals surface area contributed by atoms with Crippen molar-refractivity contribution in [1.82, 2.24) is 14.9 Å². The van der Waals surface area contributed by atoms with Crippen molar-refractivity contribution in [3.63, 3.8) is 0 Å². The molecule has 1 aromatic heterocycles. The first kappa shape index (κ1) is 26.4. The third-order valence-electron chi connectivity index (χ3n) is 6.12. The maximum atomic E-state index is 13.4. The molecule has 190 valence electrons. The summed E-state index contributed by atoms with van der Waals surface area (Å²) in [6.45, 7) is 9.04. The lowest BCUT2D eigenvalue weighted by molar-refractivity contribution is -0.130. The van der Waals surface area contributed by atoms with Crippen LogP contribution >= 0.6 is 0 Å². The van der Waals surface area contributed by atoms with E-state index in [1.807, 2.05) is 64.0 Å². The van der Waals surface area contributed by atoms with E-state index in [9.17, 15) is 9.59 Å². The summed E-state index contributed by atoms with van der Waals surface area (Å²) in [5.74, 6) is 1.22. The van der Waals surface area contributed by atoms with E-state index < -0.39 is 0 Å². The van der Waals surface area contributed by atoms with Gasteiger partial charge in [-0.1, -0.05) is 19.1 Å². The predicted octanol–water partition coefficient (Wildman–Crippen LogP) is 3.56. The fraction of sp³-hybridized carbons (Fsp3) is 0.538. The van der Waals surface area contributed by atoms with Gasteiger partial charge in [-0.25, -0.2) is 4.98 Å². The Hall–Kier alpha value is -3.20. The quantitative estimate of drug-likeness (QED) is 0.524. The van der Waals surface area contributed by atoms with Gasteiger partial charge in [-0.3, -0.25) is 9.59 Å². The Bertz CT molecular complexity index is 1010. The van der Waals surface area contributed by atoms with Crippen LogP contribution in [-0.4, -0.2) is 73.1 Å². The summed E-state index contributed by atoms with van der Waals surface area (Å²) >= 11 is 0. The van der Waals surface area contributed by atoms with Crippen molar-refractivity contribution >= 4 is 29.3 Å². The standard InChI is InChI=1S/C26H38N6O3/c1-6-9-23(33)30(4)13-12-19(3)35-18-20-10-8-11-21(16-20)32-15-14-31(5)24-22(25(32)34)17-28-26(29-24)27-7-2/h8,10-11,16-17,19H,6-7,9,12-15,18H2,1-5H3,(H,27,28,29). The summed E-state index contributed by atoms with van der Waals surface area (Å²) in [7, 11) is 3.78. The zero-order chi connectivity index (χ0) is 25.4. The second-order valence-electron chi connectivity index (χ2n) is 8.99. The number of likely N-dealkylation sites (N-methyl/N-ethyl adjacent to an activating group) is 1. The Morgan fingerprint density at radius 2 is 2.09 bits per heavy atom. The normalized spacial score (nSPS) is 14.4. The van der Waals surface area contributed by atoms with E-state index in [0.29, 0.717) is 56.5 Å². The molecule has 0 radical (unpaired) electrons. The molecule has 1 aliphatic rings. The van der Waals surface area contributed by atoms with Crippen molar-refractivity contribution in [2.75, 3.05) is 55.4 Å². The molecule has 0 bridgehead atoms. The van der Waals surface area contributed by atoms with Crippen LogP contribution < -0.4 is 15.1 Å². The first-order valence-corrected chi connectivity index (χ1v) is 12.4. The van der Waals surface area contributed by atoms with E-state index in [4.69, 9.17) is 4.74 Å². The van der Waals surface area contributed by atoms with Crippen LogP contribution in [0.25, 0.3) is 0 Å². The Morgan fingerprint density at radius 1 is 1.29 bits per heavy atom. The van der Waals surface area contributed by atoms with Crippen LogP contribution in [0.4, 0.5) is 17.5 Å². The molecule has 1 aromatic carbocycles. The highest BCUT2D eigenvalue weighted by atomic mass is 16.5. The van der Waals surface area contributed by atoms with Crippen LogP contribution in [0.15, 0.2) is 30.5 Å². The third-order valence-corrected chi connectivity index (χ3v) is 6.12. The van der Waals surface area contributed by atoms with Crippen molar-refractivity contribution in [3.05, 3.63) is 41.6 Å². The lowest BCUT2D eigenvalue weighted by Gasteiger charge is -2.22. The second kappa shape index (κ2) is 12.5. The summed E-state index contributed by atoms with van der Waals surface area (Å²) in [4.78, 5) is 39.8. The van der Waals surface area contributed by atoms with E-state index >= 15 is 0 Å². The van der Waals surface area contributed by atoms with Gasteiger partial charge in [0.2, 0.25) is 11.9 Å². The van der Waals surface area contributed by atoms with Gasteiger partial charge >= 0.3 is 0 Å². The van der Waals surface area contributed by atoms with Gasteiger partial charge in [0.1, 0.15) is 11.4 Å². The number of nitrogens with zero attached hydrogens (tertiary/aromatic N) is 5. The van der Waals surface area contributed by atoms with Gasteiger partial charge in [-0.15, -0.1) is 0 Å². The number of amides is 2. The number of benzene rings is 1. The molecule has 0 fully saturated rings. The number of carbonyl (C=O) groups excluding carboxylic acids is 2. The molecule has 0 saturated heterocycles. The van der Waals surface area contributed by atoms with E-state index in [1.165, 1.54) is 0 Å². The maximum absolute atomic E-state index is 13.4. The minimum Gasteiger partial charge on any atom is -0.374 e. The molecule has 2 heterocycles. The number of rotatable bonds is 11. The first-order valence-electron chi connectivity index (χ1n) is 12.4. The number of fused-ring (bicyclic) bond motifs is 1. The molecule has 1 atom stereocenters. The molecule has 9 nitrogen and oxygen atoms in total. The fourth-order valence-electron chi connectivity index (χ4n) is 3.95. The molecular weight excluding hydrogens is 444 g/mol. The Kier molecular flexibility index (Phi) is 9.42.